The number of nitrogens with one attached hydrogen (secondary N) is 1. The number of rotatable bonds is 3. The zero-order valence-corrected chi connectivity index (χ0v) is 11.1. The molecule has 2 aromatic carbocycles. The van der Waals surface area contributed by atoms with E-state index in [-0.39, 0.29) is 5.91 Å². The largest absolute Gasteiger partial charge is 0.455 e. The predicted octanol–water partition coefficient (Wildman–Crippen LogP) is 3.67. The first-order valence-electron chi connectivity index (χ1n) is 5.65. The fourth-order valence-corrected chi connectivity index (χ4v) is 1.76. The monoisotopic (exact) mass is 276 g/mol. The number of benzene rings is 2. The van der Waals surface area contributed by atoms with Gasteiger partial charge in [-0.1, -0.05) is 17.7 Å². The Bertz CT molecular complexity index is 614. The summed E-state index contributed by atoms with van der Waals surface area (Å²) in [5.41, 5.74) is 6.93. The zero-order valence-electron chi connectivity index (χ0n) is 10.3. The normalized spacial score (nSPS) is 10.0. The Morgan fingerprint density at radius 1 is 1.26 bits per heavy atom. The summed E-state index contributed by atoms with van der Waals surface area (Å²) in [5.74, 6) is 0.966. The van der Waals surface area contributed by atoms with Gasteiger partial charge in [0.05, 0.1) is 5.69 Å². The molecular weight excluding hydrogens is 264 g/mol. The molecular formula is C14H13ClN2O2. The number of hydrogen-bond acceptors (Lipinski definition) is 3. The van der Waals surface area contributed by atoms with Crippen LogP contribution in [0.5, 0.6) is 11.5 Å². The van der Waals surface area contributed by atoms with Gasteiger partial charge in [0.2, 0.25) is 5.91 Å². The molecule has 0 fully saturated rings. The van der Waals surface area contributed by atoms with Gasteiger partial charge in [-0.05, 0) is 30.3 Å². The standard InChI is InChI=1S/C14H13ClN2O2/c1-9(18)17-11-3-2-4-12(8-11)19-14-6-5-10(15)7-13(14)16/h2-8H,16H2,1H3,(H,17,18). The van der Waals surface area contributed by atoms with Crippen LogP contribution in [0.2, 0.25) is 5.02 Å². The maximum Gasteiger partial charge on any atom is 0.221 e. The maximum atomic E-state index is 11.0. The molecule has 3 N–H and O–H groups in total. The van der Waals surface area contributed by atoms with Gasteiger partial charge in [-0.15, -0.1) is 0 Å². The second kappa shape index (κ2) is 5.63. The number of anilines is 2. The van der Waals surface area contributed by atoms with Crippen molar-refractivity contribution < 1.29 is 9.53 Å². The number of nitrogen functional groups attached to an aromatic ring is 1. The number of carbonyl (C=O) groups excluding carboxylic acids is 1. The van der Waals surface area contributed by atoms with E-state index >= 15 is 0 Å². The molecule has 0 bridgehead atoms. The van der Waals surface area contributed by atoms with Crippen LogP contribution in [0.25, 0.3) is 0 Å². The van der Waals surface area contributed by atoms with Gasteiger partial charge in [-0.2, -0.15) is 0 Å². The molecule has 98 valence electrons. The quantitative estimate of drug-likeness (QED) is 0.841. The lowest BCUT2D eigenvalue weighted by atomic mass is 10.2. The van der Waals surface area contributed by atoms with Crippen molar-refractivity contribution in [3.63, 3.8) is 0 Å². The number of hydrogen-bond donors (Lipinski definition) is 2. The van der Waals surface area contributed by atoms with Gasteiger partial charge in [0.1, 0.15) is 11.5 Å². The summed E-state index contributed by atoms with van der Waals surface area (Å²) < 4.78 is 5.65. The van der Waals surface area contributed by atoms with Crippen molar-refractivity contribution in [1.82, 2.24) is 0 Å². The highest BCUT2D eigenvalue weighted by Crippen LogP contribution is 2.30. The first kappa shape index (κ1) is 13.2. The average Bonchev–Trinajstić information content (AvgIpc) is 2.32. The van der Waals surface area contributed by atoms with Crippen LogP contribution in [0.4, 0.5) is 11.4 Å². The van der Waals surface area contributed by atoms with Crippen molar-refractivity contribution in [1.29, 1.82) is 0 Å². The van der Waals surface area contributed by atoms with Crippen molar-refractivity contribution in [2.45, 2.75) is 6.92 Å². The molecule has 0 spiro atoms. The number of halogens is 1. The highest BCUT2D eigenvalue weighted by Gasteiger charge is 2.04. The molecule has 0 saturated heterocycles. The lowest BCUT2D eigenvalue weighted by Gasteiger charge is -2.10. The topological polar surface area (TPSA) is 64.3 Å². The van der Waals surface area contributed by atoms with Crippen LogP contribution in [-0.2, 0) is 4.79 Å². The van der Waals surface area contributed by atoms with E-state index in [1.54, 1.807) is 42.5 Å². The minimum atomic E-state index is -0.136. The van der Waals surface area contributed by atoms with Crippen molar-refractivity contribution in [3.8, 4) is 11.5 Å². The van der Waals surface area contributed by atoms with E-state index < -0.39 is 0 Å². The lowest BCUT2D eigenvalue weighted by molar-refractivity contribution is -0.114. The molecule has 0 aliphatic rings. The molecule has 19 heavy (non-hydrogen) atoms. The van der Waals surface area contributed by atoms with E-state index in [0.717, 1.165) is 0 Å². The molecule has 0 aromatic heterocycles. The Hall–Kier alpha value is -2.20. The molecule has 2 aromatic rings. The highest BCUT2D eigenvalue weighted by molar-refractivity contribution is 6.30. The van der Waals surface area contributed by atoms with Crippen LogP contribution in [0.3, 0.4) is 0 Å². The third-order valence-electron chi connectivity index (χ3n) is 2.35. The van der Waals surface area contributed by atoms with Crippen LogP contribution in [0, 0.1) is 0 Å². The molecule has 2 rings (SSSR count). The fraction of sp³-hybridized carbons (Fsp3) is 0.0714. The summed E-state index contributed by atoms with van der Waals surface area (Å²) in [4.78, 5) is 11.0. The number of carbonyl (C=O) groups is 1. The molecule has 0 saturated carbocycles. The van der Waals surface area contributed by atoms with Gasteiger partial charge in [-0.25, -0.2) is 0 Å². The summed E-state index contributed by atoms with van der Waals surface area (Å²) in [6, 6.07) is 12.1. The molecule has 0 atom stereocenters. The second-order valence-corrected chi connectivity index (χ2v) is 4.43. The van der Waals surface area contributed by atoms with E-state index in [4.69, 9.17) is 22.1 Å². The van der Waals surface area contributed by atoms with Crippen LogP contribution < -0.4 is 15.8 Å². The summed E-state index contributed by atoms with van der Waals surface area (Å²) >= 11 is 5.82. The molecule has 5 heteroatoms. The Labute approximate surface area is 116 Å². The Morgan fingerprint density at radius 3 is 2.74 bits per heavy atom. The number of ether oxygens (including phenoxy) is 1. The third-order valence-corrected chi connectivity index (χ3v) is 2.59. The van der Waals surface area contributed by atoms with Crippen molar-refractivity contribution in [2.24, 2.45) is 0 Å². The predicted molar refractivity (Wildman–Crippen MR) is 76.7 cm³/mol. The first-order valence-corrected chi connectivity index (χ1v) is 6.03. The fourth-order valence-electron chi connectivity index (χ4n) is 1.58. The Morgan fingerprint density at radius 2 is 2.05 bits per heavy atom. The average molecular weight is 277 g/mol. The van der Waals surface area contributed by atoms with E-state index in [1.165, 1.54) is 6.92 Å². The Balaban J connectivity index is 2.21. The molecule has 4 nitrogen and oxygen atoms in total. The van der Waals surface area contributed by atoms with E-state index in [2.05, 4.69) is 5.32 Å². The van der Waals surface area contributed by atoms with Crippen molar-refractivity contribution in [2.75, 3.05) is 11.1 Å². The SMILES string of the molecule is CC(=O)Nc1cccc(Oc2ccc(Cl)cc2N)c1. The van der Waals surface area contributed by atoms with Gasteiger partial charge in [0, 0.05) is 23.7 Å². The van der Waals surface area contributed by atoms with Crippen LogP contribution >= 0.6 is 11.6 Å². The maximum absolute atomic E-state index is 11.0. The summed E-state index contributed by atoms with van der Waals surface area (Å²) in [5, 5.41) is 3.24. The highest BCUT2D eigenvalue weighted by atomic mass is 35.5. The Kier molecular flexibility index (Phi) is 3.92. The molecule has 0 aliphatic carbocycles. The smallest absolute Gasteiger partial charge is 0.221 e. The van der Waals surface area contributed by atoms with Crippen LogP contribution in [0.1, 0.15) is 6.92 Å². The first-order chi connectivity index (χ1) is 9.04. The van der Waals surface area contributed by atoms with Gasteiger partial charge < -0.3 is 15.8 Å². The lowest BCUT2D eigenvalue weighted by Crippen LogP contribution is -2.05. The van der Waals surface area contributed by atoms with Gasteiger partial charge in [0.25, 0.3) is 0 Å². The van der Waals surface area contributed by atoms with Crippen LogP contribution in [0.15, 0.2) is 42.5 Å². The third kappa shape index (κ3) is 3.63. The summed E-state index contributed by atoms with van der Waals surface area (Å²) in [7, 11) is 0. The minimum absolute atomic E-state index is 0.136. The molecule has 1 amide bonds. The number of amides is 1. The van der Waals surface area contributed by atoms with E-state index in [1.807, 2.05) is 0 Å². The van der Waals surface area contributed by atoms with Crippen LogP contribution in [-0.4, -0.2) is 5.91 Å². The van der Waals surface area contributed by atoms with Gasteiger partial charge in [0.15, 0.2) is 0 Å². The van der Waals surface area contributed by atoms with E-state index in [0.29, 0.717) is 27.9 Å². The summed E-state index contributed by atoms with van der Waals surface area (Å²) in [6.07, 6.45) is 0. The number of nitrogens with two attached hydrogens (primary N) is 1. The van der Waals surface area contributed by atoms with Gasteiger partial charge in [-0.3, -0.25) is 4.79 Å². The van der Waals surface area contributed by atoms with Crippen molar-refractivity contribution in [3.05, 3.63) is 47.5 Å². The second-order valence-electron chi connectivity index (χ2n) is 3.99. The van der Waals surface area contributed by atoms with Crippen molar-refractivity contribution >= 4 is 28.9 Å². The van der Waals surface area contributed by atoms with Gasteiger partial charge >= 0.3 is 0 Å². The molecule has 0 aliphatic heterocycles. The summed E-state index contributed by atoms with van der Waals surface area (Å²) in [6.45, 7) is 1.45. The molecule has 0 heterocycles. The minimum Gasteiger partial charge on any atom is -0.455 e. The zero-order chi connectivity index (χ0) is 13.8. The molecule has 0 unspecified atom stereocenters. The molecule has 0 radical (unpaired) electrons. The van der Waals surface area contributed by atoms with E-state index in [9.17, 15) is 4.79 Å².